The van der Waals surface area contributed by atoms with Gasteiger partial charge >= 0.3 is 0 Å². The zero-order valence-corrected chi connectivity index (χ0v) is 31.9. The first kappa shape index (κ1) is 39.9. The lowest BCUT2D eigenvalue weighted by molar-refractivity contribution is -0.345. The number of rotatable bonds is 12. The molecule has 0 aliphatic rings. The van der Waals surface area contributed by atoms with Crippen LogP contribution in [0.1, 0.15) is 39.5 Å². The van der Waals surface area contributed by atoms with Gasteiger partial charge in [-0.3, -0.25) is 0 Å². The van der Waals surface area contributed by atoms with Crippen molar-refractivity contribution < 1.29 is 19.8 Å². The summed E-state index contributed by atoms with van der Waals surface area (Å²) in [4.78, 5) is 17.9. The number of carboxylic acids is 2. The van der Waals surface area contributed by atoms with E-state index in [1.54, 1.807) is 0 Å². The van der Waals surface area contributed by atoms with E-state index < -0.39 is 26.5 Å². The van der Waals surface area contributed by atoms with Gasteiger partial charge in [-0.2, -0.15) is 0 Å². The van der Waals surface area contributed by atoms with Crippen LogP contribution in [0.25, 0.3) is 0 Å². The van der Waals surface area contributed by atoms with Crippen LogP contribution in [0.3, 0.4) is 0 Å². The molecule has 52 heavy (non-hydrogen) atoms. The van der Waals surface area contributed by atoms with E-state index in [0.29, 0.717) is 0 Å². The maximum atomic E-state index is 8.93. The van der Waals surface area contributed by atoms with Crippen molar-refractivity contribution in [3.8, 4) is 0 Å². The Labute approximate surface area is 310 Å². The molecule has 0 aromatic heterocycles. The summed E-state index contributed by atoms with van der Waals surface area (Å²) < 4.78 is 0. The van der Waals surface area contributed by atoms with E-state index in [2.05, 4.69) is 196 Å². The van der Waals surface area contributed by atoms with Gasteiger partial charge in [0.15, 0.2) is 0 Å². The number of aliphatic carboxylic acids is 2. The molecule has 0 atom stereocenters. The van der Waals surface area contributed by atoms with Crippen LogP contribution >= 0.6 is 14.5 Å². The summed E-state index contributed by atoms with van der Waals surface area (Å²) in [5, 5.41) is 26.8. The van der Waals surface area contributed by atoms with E-state index in [1.807, 2.05) is 0 Å². The summed E-state index contributed by atoms with van der Waals surface area (Å²) in [5.74, 6) is -4.37. The van der Waals surface area contributed by atoms with Crippen LogP contribution in [0.5, 0.6) is 0 Å². The van der Waals surface area contributed by atoms with E-state index in [-0.39, 0.29) is 0 Å². The molecule has 6 aromatic rings. The summed E-state index contributed by atoms with van der Waals surface area (Å²) in [6.07, 6.45) is 7.45. The summed E-state index contributed by atoms with van der Waals surface area (Å²) >= 11 is 0. The van der Waals surface area contributed by atoms with Gasteiger partial charge in [-0.1, -0.05) is 136 Å². The molecule has 0 unspecified atom stereocenters. The number of carbonyl (C=O) groups is 2. The number of hydrogen-bond acceptors (Lipinski definition) is 4. The van der Waals surface area contributed by atoms with Crippen LogP contribution in [0, 0.1) is 0 Å². The van der Waals surface area contributed by atoms with Crippen molar-refractivity contribution in [1.29, 1.82) is 0 Å². The molecule has 266 valence electrons. The molecule has 0 spiro atoms. The molecular weight excluding hydrogens is 678 g/mol. The first-order valence-corrected chi connectivity index (χ1v) is 21.9. The quantitative estimate of drug-likeness (QED) is 0.114. The van der Waals surface area contributed by atoms with Crippen molar-refractivity contribution in [1.82, 2.24) is 0 Å². The summed E-state index contributed by atoms with van der Waals surface area (Å²) in [6, 6.07) is 66.8. The Morgan fingerprint density at radius 1 is 0.365 bits per heavy atom. The number of carboxylic acid groups (broad SMARTS) is 2. The topological polar surface area (TPSA) is 80.3 Å². The maximum absolute atomic E-state index is 8.93. The molecule has 6 rings (SSSR count). The third-order valence-corrected chi connectivity index (χ3v) is 18.1. The smallest absolute Gasteiger partial charge is 0.112 e. The van der Waals surface area contributed by atoms with E-state index in [1.165, 1.54) is 69.8 Å². The number of hydrogen-bond donors (Lipinski definition) is 0. The highest BCUT2D eigenvalue weighted by atomic mass is 31.2. The zero-order valence-electron chi connectivity index (χ0n) is 30.1. The molecule has 0 N–H and O–H groups in total. The Balaban J connectivity index is 0.000000202. The molecule has 0 bridgehead atoms. The Morgan fingerprint density at radius 2 is 0.538 bits per heavy atom. The molecule has 0 saturated carbocycles. The summed E-state index contributed by atoms with van der Waals surface area (Å²) in [7, 11) is -3.14. The van der Waals surface area contributed by atoms with Gasteiger partial charge in [-0.15, -0.1) is 0 Å². The average Bonchev–Trinajstić information content (AvgIpc) is 3.21. The van der Waals surface area contributed by atoms with Crippen LogP contribution in [0.2, 0.25) is 0 Å². The molecule has 0 saturated heterocycles. The van der Waals surface area contributed by atoms with Gasteiger partial charge in [0, 0.05) is 0 Å². The van der Waals surface area contributed by atoms with Crippen LogP contribution in [-0.4, -0.2) is 24.3 Å². The van der Waals surface area contributed by atoms with Gasteiger partial charge in [0.2, 0.25) is 0 Å². The monoisotopic (exact) mass is 726 g/mol. The first-order valence-electron chi connectivity index (χ1n) is 17.9. The van der Waals surface area contributed by atoms with Gasteiger partial charge in [0.1, 0.15) is 46.4 Å². The average molecular weight is 727 g/mol. The van der Waals surface area contributed by atoms with E-state index >= 15 is 0 Å². The van der Waals surface area contributed by atoms with Crippen molar-refractivity contribution in [2.45, 2.75) is 39.5 Å². The van der Waals surface area contributed by atoms with E-state index in [4.69, 9.17) is 19.8 Å². The second-order valence-corrected chi connectivity index (χ2v) is 19.6. The lowest BCUT2D eigenvalue weighted by atomic mass is 10.3. The minimum absolute atomic E-state index is 1.23. The highest BCUT2D eigenvalue weighted by molar-refractivity contribution is 7.96. The van der Waals surface area contributed by atoms with Crippen molar-refractivity contribution in [2.75, 3.05) is 12.3 Å². The van der Waals surface area contributed by atoms with Gasteiger partial charge in [0.05, 0.1) is 24.3 Å². The van der Waals surface area contributed by atoms with Crippen LogP contribution < -0.4 is 42.0 Å². The van der Waals surface area contributed by atoms with Crippen molar-refractivity contribution >= 4 is 58.3 Å². The van der Waals surface area contributed by atoms with Gasteiger partial charge in [-0.05, 0) is 85.6 Å². The zero-order chi connectivity index (χ0) is 37.1. The molecule has 0 amide bonds. The predicted octanol–water partition coefficient (Wildman–Crippen LogP) is 6.05. The third-order valence-electron chi connectivity index (χ3n) is 9.04. The number of unbranched alkanes of at least 4 members (excludes halogenated alkanes) is 2. The predicted molar refractivity (Wildman–Crippen MR) is 220 cm³/mol. The Kier molecular flexibility index (Phi) is 16.0. The minimum Gasteiger partial charge on any atom is -0.543 e. The molecule has 0 aliphatic heterocycles. The second-order valence-electron chi connectivity index (χ2n) is 12.4. The third kappa shape index (κ3) is 10.1. The highest BCUT2D eigenvalue weighted by Crippen LogP contribution is 2.56. The van der Waals surface area contributed by atoms with Gasteiger partial charge in [-0.25, -0.2) is 0 Å². The summed E-state index contributed by atoms with van der Waals surface area (Å²) in [5.41, 5.74) is 0. The van der Waals surface area contributed by atoms with E-state index in [9.17, 15) is 0 Å². The van der Waals surface area contributed by atoms with Crippen molar-refractivity contribution in [3.63, 3.8) is 0 Å². The van der Waals surface area contributed by atoms with Gasteiger partial charge < -0.3 is 19.8 Å². The van der Waals surface area contributed by atoms with Crippen molar-refractivity contribution in [3.05, 3.63) is 182 Å². The van der Waals surface area contributed by atoms with Crippen LogP contribution in [0.15, 0.2) is 182 Å². The lowest BCUT2D eigenvalue weighted by Gasteiger charge is -2.27. The fourth-order valence-corrected chi connectivity index (χ4v) is 15.6. The van der Waals surface area contributed by atoms with Crippen LogP contribution in [-0.2, 0) is 9.59 Å². The SMILES string of the molecule is CCCC[P+](c1ccccc1)(c1ccccc1)c1ccccc1.CCCC[P+](c1ccccc1)(c1ccccc1)c1ccccc1.O=C([O-])C(=O)[O-]. The standard InChI is InChI=1S/2C22H24P.C2H2O4/c2*1-2-3-19-23(20-13-7-4-8-14-20,21-15-9-5-10-16-21)22-17-11-6-12-18-22;3-1(4)2(5)6/h2*4-18H,2-3,19H2,1H3;(H,3,4)(H,5,6)/q2*+1;/p-2. The fourth-order valence-electron chi connectivity index (χ4n) is 6.55. The Bertz CT molecular complexity index is 1550. The molecule has 0 aliphatic carbocycles. The van der Waals surface area contributed by atoms with Gasteiger partial charge in [0.25, 0.3) is 0 Å². The second kappa shape index (κ2) is 20.8. The molecule has 4 nitrogen and oxygen atoms in total. The fraction of sp³-hybridized carbons (Fsp3) is 0.174. The molecular formula is C46H48O4P2. The number of benzene rings is 6. The molecule has 0 fully saturated rings. The largest absolute Gasteiger partial charge is 0.543 e. The van der Waals surface area contributed by atoms with Crippen molar-refractivity contribution in [2.24, 2.45) is 0 Å². The molecule has 6 heteroatoms. The highest BCUT2D eigenvalue weighted by Gasteiger charge is 2.45. The molecule has 6 aromatic carbocycles. The van der Waals surface area contributed by atoms with E-state index in [0.717, 1.165) is 0 Å². The maximum Gasteiger partial charge on any atom is 0.112 e. The lowest BCUT2D eigenvalue weighted by Crippen LogP contribution is -2.42. The number of carbonyl (C=O) groups excluding carboxylic acids is 2. The molecule has 0 heterocycles. The summed E-state index contributed by atoms with van der Waals surface area (Å²) in [6.45, 7) is 4.57. The molecule has 0 radical (unpaired) electrons. The van der Waals surface area contributed by atoms with Crippen LogP contribution in [0.4, 0.5) is 0 Å². The first-order chi connectivity index (χ1) is 25.4. The Hall–Kier alpha value is -4.88. The minimum atomic E-state index is -2.19. The normalized spacial score (nSPS) is 10.9. The Morgan fingerprint density at radius 3 is 0.673 bits per heavy atom.